The van der Waals surface area contributed by atoms with Gasteiger partial charge in [-0.3, -0.25) is 0 Å². The monoisotopic (exact) mass is 372 g/mol. The molecule has 0 fully saturated rings. The van der Waals surface area contributed by atoms with Gasteiger partial charge in [0.1, 0.15) is 0 Å². The fraction of sp³-hybridized carbons (Fsp3) is 0.280. The number of hydrogen-bond acceptors (Lipinski definition) is 1. The van der Waals surface area contributed by atoms with Crippen molar-refractivity contribution in [3.05, 3.63) is 96.6 Å². The summed E-state index contributed by atoms with van der Waals surface area (Å²) < 4.78 is 2.78. The SMILES string of the molecule is CCCC[C@@H](C)N(Cc1ccccc1)[Si](c1ccccc1)c1ccccc1. The van der Waals surface area contributed by atoms with Crippen LogP contribution in [0.25, 0.3) is 0 Å². The summed E-state index contributed by atoms with van der Waals surface area (Å²) >= 11 is 0. The van der Waals surface area contributed by atoms with Crippen LogP contribution in [-0.4, -0.2) is 19.6 Å². The van der Waals surface area contributed by atoms with Gasteiger partial charge in [0, 0.05) is 12.6 Å². The van der Waals surface area contributed by atoms with Crippen molar-refractivity contribution in [1.29, 1.82) is 0 Å². The highest BCUT2D eigenvalue weighted by molar-refractivity contribution is 6.82. The van der Waals surface area contributed by atoms with Gasteiger partial charge in [0.25, 0.3) is 0 Å². The Balaban J connectivity index is 2.00. The first-order valence-electron chi connectivity index (χ1n) is 10.1. The topological polar surface area (TPSA) is 3.24 Å². The van der Waals surface area contributed by atoms with Crippen molar-refractivity contribution in [3.63, 3.8) is 0 Å². The molecule has 1 nitrogen and oxygen atoms in total. The summed E-state index contributed by atoms with van der Waals surface area (Å²) in [7, 11) is -1.03. The van der Waals surface area contributed by atoms with Crippen LogP contribution in [0.1, 0.15) is 38.7 Å². The molecule has 0 unspecified atom stereocenters. The Morgan fingerprint density at radius 1 is 0.741 bits per heavy atom. The van der Waals surface area contributed by atoms with E-state index in [2.05, 4.69) is 109 Å². The molecule has 3 aromatic rings. The molecule has 139 valence electrons. The summed E-state index contributed by atoms with van der Waals surface area (Å²) in [5.41, 5.74) is 1.40. The Morgan fingerprint density at radius 3 is 1.70 bits per heavy atom. The second kappa shape index (κ2) is 10.2. The van der Waals surface area contributed by atoms with Crippen LogP contribution >= 0.6 is 0 Å². The van der Waals surface area contributed by atoms with Crippen molar-refractivity contribution in [1.82, 2.24) is 4.57 Å². The normalized spacial score (nSPS) is 12.4. The Kier molecular flexibility index (Phi) is 7.43. The molecule has 0 heterocycles. The lowest BCUT2D eigenvalue weighted by Gasteiger charge is -2.36. The molecule has 1 radical (unpaired) electrons. The molecule has 0 amide bonds. The Hall–Kier alpha value is -2.16. The van der Waals surface area contributed by atoms with Crippen LogP contribution in [-0.2, 0) is 6.54 Å². The predicted octanol–water partition coefficient (Wildman–Crippen LogP) is 4.87. The molecule has 0 saturated heterocycles. The van der Waals surface area contributed by atoms with Gasteiger partial charge in [-0.15, -0.1) is 0 Å². The fourth-order valence-electron chi connectivity index (χ4n) is 3.58. The minimum Gasteiger partial charge on any atom is -0.310 e. The van der Waals surface area contributed by atoms with Gasteiger partial charge in [-0.2, -0.15) is 0 Å². The van der Waals surface area contributed by atoms with Crippen molar-refractivity contribution in [3.8, 4) is 0 Å². The first-order chi connectivity index (χ1) is 13.3. The minimum absolute atomic E-state index is 0.555. The molecule has 3 rings (SSSR count). The highest BCUT2D eigenvalue weighted by atomic mass is 28.3. The maximum atomic E-state index is 2.78. The van der Waals surface area contributed by atoms with Crippen molar-refractivity contribution in [2.45, 2.75) is 45.7 Å². The van der Waals surface area contributed by atoms with Crippen LogP contribution in [0.5, 0.6) is 0 Å². The average Bonchev–Trinajstić information content (AvgIpc) is 2.74. The van der Waals surface area contributed by atoms with Gasteiger partial charge < -0.3 is 4.57 Å². The van der Waals surface area contributed by atoms with E-state index in [0.29, 0.717) is 6.04 Å². The van der Waals surface area contributed by atoms with Gasteiger partial charge in [0.15, 0.2) is 0 Å². The minimum atomic E-state index is -1.03. The van der Waals surface area contributed by atoms with Crippen molar-refractivity contribution in [2.24, 2.45) is 0 Å². The molecular weight excluding hydrogens is 342 g/mol. The largest absolute Gasteiger partial charge is 0.310 e. The van der Waals surface area contributed by atoms with E-state index < -0.39 is 8.96 Å². The maximum absolute atomic E-state index is 2.78. The Bertz CT molecular complexity index is 734. The average molecular weight is 373 g/mol. The number of nitrogens with zero attached hydrogens (tertiary/aromatic N) is 1. The van der Waals surface area contributed by atoms with Crippen molar-refractivity contribution >= 4 is 19.3 Å². The highest BCUT2D eigenvalue weighted by Gasteiger charge is 2.29. The molecule has 0 spiro atoms. The standard InChI is InChI=1S/C25H30NSi/c1-3-4-14-22(2)26(21-23-15-8-5-9-16-23)27(24-17-10-6-11-18-24)25-19-12-7-13-20-25/h5-13,15-20,22H,3-4,14,21H2,1-2H3/t22-/m1/s1. The van der Waals surface area contributed by atoms with Gasteiger partial charge in [0.05, 0.1) is 0 Å². The van der Waals surface area contributed by atoms with Gasteiger partial charge in [-0.1, -0.05) is 118 Å². The molecule has 0 aliphatic rings. The molecule has 0 aromatic heterocycles. The zero-order valence-corrected chi connectivity index (χ0v) is 17.5. The lowest BCUT2D eigenvalue weighted by atomic mass is 10.1. The zero-order chi connectivity index (χ0) is 18.9. The smallest absolute Gasteiger partial charge is 0.209 e. The van der Waals surface area contributed by atoms with Crippen LogP contribution in [0.15, 0.2) is 91.0 Å². The number of unbranched alkanes of at least 4 members (excludes halogenated alkanes) is 1. The Labute approximate surface area is 166 Å². The highest BCUT2D eigenvalue weighted by Crippen LogP contribution is 2.16. The van der Waals surface area contributed by atoms with Crippen LogP contribution in [0.3, 0.4) is 0 Å². The van der Waals surface area contributed by atoms with Gasteiger partial charge in [0.2, 0.25) is 8.96 Å². The summed E-state index contributed by atoms with van der Waals surface area (Å²) in [5, 5.41) is 2.93. The molecule has 0 bridgehead atoms. The number of rotatable bonds is 9. The molecule has 0 saturated carbocycles. The summed E-state index contributed by atoms with van der Waals surface area (Å²) in [4.78, 5) is 0. The molecule has 1 atom stereocenters. The quantitative estimate of drug-likeness (QED) is 0.484. The molecule has 0 N–H and O–H groups in total. The van der Waals surface area contributed by atoms with E-state index in [-0.39, 0.29) is 0 Å². The number of benzene rings is 3. The van der Waals surface area contributed by atoms with Crippen LogP contribution < -0.4 is 10.4 Å². The second-order valence-electron chi connectivity index (χ2n) is 7.19. The fourth-order valence-corrected chi connectivity index (χ4v) is 6.50. The lowest BCUT2D eigenvalue weighted by molar-refractivity contribution is 0.318. The van der Waals surface area contributed by atoms with Crippen LogP contribution in [0, 0.1) is 0 Å². The second-order valence-corrected chi connectivity index (χ2v) is 9.61. The van der Waals surface area contributed by atoms with Gasteiger partial charge in [-0.25, -0.2) is 0 Å². The third kappa shape index (κ3) is 5.41. The first-order valence-corrected chi connectivity index (χ1v) is 11.5. The molecule has 2 heteroatoms. The summed E-state index contributed by atoms with van der Waals surface area (Å²) in [5.74, 6) is 0. The van der Waals surface area contributed by atoms with Crippen LogP contribution in [0.4, 0.5) is 0 Å². The summed E-state index contributed by atoms with van der Waals surface area (Å²) in [6, 6.07) is 33.7. The number of hydrogen-bond donors (Lipinski definition) is 0. The Morgan fingerprint density at radius 2 is 1.22 bits per heavy atom. The lowest BCUT2D eigenvalue weighted by Crippen LogP contribution is -2.58. The summed E-state index contributed by atoms with van der Waals surface area (Å²) in [6.07, 6.45) is 3.78. The first kappa shape index (κ1) is 19.6. The van der Waals surface area contributed by atoms with E-state index in [1.165, 1.54) is 35.2 Å². The molecular formula is C25H30NSi. The van der Waals surface area contributed by atoms with E-state index in [0.717, 1.165) is 6.54 Å². The maximum Gasteiger partial charge on any atom is 0.209 e. The third-order valence-corrected chi connectivity index (χ3v) is 8.02. The molecule has 27 heavy (non-hydrogen) atoms. The summed E-state index contributed by atoms with van der Waals surface area (Å²) in [6.45, 7) is 5.70. The molecule has 3 aromatic carbocycles. The van der Waals surface area contributed by atoms with E-state index in [9.17, 15) is 0 Å². The van der Waals surface area contributed by atoms with E-state index in [4.69, 9.17) is 0 Å². The van der Waals surface area contributed by atoms with Crippen LogP contribution in [0.2, 0.25) is 0 Å². The van der Waals surface area contributed by atoms with Gasteiger partial charge in [-0.05, 0) is 22.4 Å². The zero-order valence-electron chi connectivity index (χ0n) is 16.5. The van der Waals surface area contributed by atoms with E-state index >= 15 is 0 Å². The van der Waals surface area contributed by atoms with Gasteiger partial charge >= 0.3 is 0 Å². The van der Waals surface area contributed by atoms with E-state index in [1.54, 1.807) is 0 Å². The van der Waals surface area contributed by atoms with Crippen molar-refractivity contribution in [2.75, 3.05) is 0 Å². The third-order valence-electron chi connectivity index (χ3n) is 5.08. The molecule has 0 aliphatic heterocycles. The van der Waals surface area contributed by atoms with Crippen molar-refractivity contribution < 1.29 is 0 Å². The predicted molar refractivity (Wildman–Crippen MR) is 119 cm³/mol. The van der Waals surface area contributed by atoms with E-state index in [1.807, 2.05) is 0 Å². The molecule has 0 aliphatic carbocycles.